The van der Waals surface area contributed by atoms with Crippen LogP contribution in [0.5, 0.6) is 0 Å². The molecule has 0 aromatic heterocycles. The summed E-state index contributed by atoms with van der Waals surface area (Å²) in [5.74, 6) is 0.109. The minimum absolute atomic E-state index is 0.0362. The summed E-state index contributed by atoms with van der Waals surface area (Å²) in [6.07, 6.45) is 0. The van der Waals surface area contributed by atoms with Crippen molar-refractivity contribution in [2.24, 2.45) is 0 Å². The lowest BCUT2D eigenvalue weighted by atomic mass is 10.1. The number of carbonyl (C=O) groups excluding carboxylic acids is 1. The first kappa shape index (κ1) is 17.3. The van der Waals surface area contributed by atoms with E-state index in [1.807, 2.05) is 65.8 Å². The largest absolute Gasteiger partial charge is 0.333 e. The molecule has 0 bridgehead atoms. The van der Waals surface area contributed by atoms with Gasteiger partial charge in [0.1, 0.15) is 0 Å². The van der Waals surface area contributed by atoms with E-state index in [9.17, 15) is 4.79 Å². The topological polar surface area (TPSA) is 20.3 Å². The van der Waals surface area contributed by atoms with Gasteiger partial charge in [-0.15, -0.1) is 23.5 Å². The first-order valence-electron chi connectivity index (χ1n) is 8.53. The molecule has 0 saturated carbocycles. The van der Waals surface area contributed by atoms with E-state index in [1.54, 1.807) is 0 Å². The quantitative estimate of drug-likeness (QED) is 0.419. The van der Waals surface area contributed by atoms with Gasteiger partial charge in [0, 0.05) is 22.4 Å². The SMILES string of the molecule is CN1C(=O)c2ccccc2C1C(Sc1ccccc1)Sc1ccccc1. The van der Waals surface area contributed by atoms with Gasteiger partial charge in [-0.1, -0.05) is 54.6 Å². The molecule has 0 aliphatic carbocycles. The van der Waals surface area contributed by atoms with E-state index in [2.05, 4.69) is 54.6 Å². The zero-order chi connectivity index (χ0) is 17.9. The minimum atomic E-state index is 0.0362. The van der Waals surface area contributed by atoms with Crippen molar-refractivity contribution in [1.29, 1.82) is 0 Å². The van der Waals surface area contributed by atoms with E-state index < -0.39 is 0 Å². The van der Waals surface area contributed by atoms with Gasteiger partial charge in [-0.05, 0) is 35.9 Å². The molecule has 1 aliphatic rings. The molecule has 3 aromatic rings. The first-order valence-corrected chi connectivity index (χ1v) is 10.3. The third kappa shape index (κ3) is 3.39. The maximum atomic E-state index is 12.7. The molecule has 1 aliphatic heterocycles. The maximum absolute atomic E-state index is 12.7. The summed E-state index contributed by atoms with van der Waals surface area (Å²) < 4.78 is 0.164. The zero-order valence-electron chi connectivity index (χ0n) is 14.4. The number of carbonyl (C=O) groups is 1. The van der Waals surface area contributed by atoms with Gasteiger partial charge in [0.15, 0.2) is 0 Å². The van der Waals surface area contributed by atoms with Gasteiger partial charge >= 0.3 is 0 Å². The smallest absolute Gasteiger partial charge is 0.254 e. The van der Waals surface area contributed by atoms with Crippen LogP contribution in [0.1, 0.15) is 22.0 Å². The molecule has 4 rings (SSSR count). The number of hydrogen-bond acceptors (Lipinski definition) is 3. The predicted molar refractivity (Wildman–Crippen MR) is 110 cm³/mol. The standard InChI is InChI=1S/C22H19NOS2/c1-23-20(18-14-8-9-15-19(18)21(23)24)22(25-16-10-4-2-5-11-16)26-17-12-6-3-7-13-17/h2-15,20,22H,1H3. The van der Waals surface area contributed by atoms with Crippen LogP contribution in [0.25, 0.3) is 0 Å². The molecule has 2 nitrogen and oxygen atoms in total. The Balaban J connectivity index is 1.71. The fraction of sp³-hybridized carbons (Fsp3) is 0.136. The summed E-state index contributed by atoms with van der Waals surface area (Å²) in [6.45, 7) is 0. The maximum Gasteiger partial charge on any atom is 0.254 e. The van der Waals surface area contributed by atoms with Crippen LogP contribution in [-0.2, 0) is 0 Å². The number of amides is 1. The van der Waals surface area contributed by atoms with Gasteiger partial charge in [-0.25, -0.2) is 0 Å². The summed E-state index contributed by atoms with van der Waals surface area (Å²) in [7, 11) is 1.91. The van der Waals surface area contributed by atoms with E-state index >= 15 is 0 Å². The van der Waals surface area contributed by atoms with Crippen LogP contribution in [-0.4, -0.2) is 22.4 Å². The lowest BCUT2D eigenvalue weighted by Gasteiger charge is -2.29. The van der Waals surface area contributed by atoms with Crippen molar-refractivity contribution in [2.45, 2.75) is 20.4 Å². The van der Waals surface area contributed by atoms with E-state index in [0.29, 0.717) is 0 Å². The lowest BCUT2D eigenvalue weighted by Crippen LogP contribution is -2.28. The van der Waals surface area contributed by atoms with Gasteiger partial charge in [-0.2, -0.15) is 0 Å². The van der Waals surface area contributed by atoms with Gasteiger partial charge in [0.25, 0.3) is 5.91 Å². The third-order valence-corrected chi connectivity index (χ3v) is 7.14. The fourth-order valence-corrected chi connectivity index (χ4v) is 6.16. The summed E-state index contributed by atoms with van der Waals surface area (Å²) in [4.78, 5) is 17.0. The molecule has 0 spiro atoms. The highest BCUT2D eigenvalue weighted by Crippen LogP contribution is 2.48. The Morgan fingerprint density at radius 2 is 1.27 bits per heavy atom. The number of hydrogen-bond donors (Lipinski definition) is 0. The highest BCUT2D eigenvalue weighted by Gasteiger charge is 2.39. The third-order valence-electron chi connectivity index (χ3n) is 4.50. The normalized spacial score (nSPS) is 16.2. The Kier molecular flexibility index (Phi) is 5.05. The molecule has 1 unspecified atom stereocenters. The van der Waals surface area contributed by atoms with Crippen LogP contribution < -0.4 is 0 Å². The second-order valence-electron chi connectivity index (χ2n) is 6.18. The molecular weight excluding hydrogens is 358 g/mol. The highest BCUT2D eigenvalue weighted by molar-refractivity contribution is 8.17. The van der Waals surface area contributed by atoms with Crippen LogP contribution in [0, 0.1) is 0 Å². The van der Waals surface area contributed by atoms with Gasteiger partial charge in [0.2, 0.25) is 0 Å². The predicted octanol–water partition coefficient (Wildman–Crippen LogP) is 5.72. The molecule has 4 heteroatoms. The average molecular weight is 378 g/mol. The second kappa shape index (κ2) is 7.60. The number of thioether (sulfide) groups is 2. The monoisotopic (exact) mass is 377 g/mol. The molecule has 26 heavy (non-hydrogen) atoms. The lowest BCUT2D eigenvalue weighted by molar-refractivity contribution is 0.0782. The number of rotatable bonds is 5. The van der Waals surface area contributed by atoms with E-state index in [0.717, 1.165) is 11.1 Å². The van der Waals surface area contributed by atoms with E-state index in [-0.39, 0.29) is 16.5 Å². The molecule has 130 valence electrons. The molecule has 0 N–H and O–H groups in total. The molecular formula is C22H19NOS2. The average Bonchev–Trinajstić information content (AvgIpc) is 2.94. The van der Waals surface area contributed by atoms with Gasteiger partial charge in [0.05, 0.1) is 10.6 Å². The minimum Gasteiger partial charge on any atom is -0.333 e. The van der Waals surface area contributed by atoms with Crippen molar-refractivity contribution >= 4 is 29.4 Å². The van der Waals surface area contributed by atoms with Gasteiger partial charge in [-0.3, -0.25) is 4.79 Å². The van der Waals surface area contributed by atoms with Gasteiger partial charge < -0.3 is 4.90 Å². The Hall–Kier alpha value is -2.17. The van der Waals surface area contributed by atoms with Crippen LogP contribution >= 0.6 is 23.5 Å². The highest BCUT2D eigenvalue weighted by atomic mass is 32.2. The Labute approximate surface area is 162 Å². The molecule has 0 fully saturated rings. The Morgan fingerprint density at radius 3 is 1.85 bits per heavy atom. The molecule has 3 aromatic carbocycles. The summed E-state index contributed by atoms with van der Waals surface area (Å²) in [5, 5.41) is 0. The van der Waals surface area contributed by atoms with Crippen molar-refractivity contribution in [1.82, 2.24) is 4.90 Å². The fourth-order valence-electron chi connectivity index (χ4n) is 3.22. The van der Waals surface area contributed by atoms with Crippen LogP contribution in [0.4, 0.5) is 0 Å². The molecule has 1 amide bonds. The van der Waals surface area contributed by atoms with Crippen molar-refractivity contribution in [3.05, 3.63) is 96.1 Å². The van der Waals surface area contributed by atoms with Crippen LogP contribution in [0.3, 0.4) is 0 Å². The van der Waals surface area contributed by atoms with E-state index in [1.165, 1.54) is 9.79 Å². The summed E-state index contributed by atoms with van der Waals surface area (Å²) >= 11 is 3.64. The Bertz CT molecular complexity index is 857. The molecule has 1 atom stereocenters. The number of nitrogens with zero attached hydrogens (tertiary/aromatic N) is 1. The number of fused-ring (bicyclic) bond motifs is 1. The zero-order valence-corrected chi connectivity index (χ0v) is 16.0. The van der Waals surface area contributed by atoms with Crippen molar-refractivity contribution in [2.75, 3.05) is 7.05 Å². The van der Waals surface area contributed by atoms with E-state index in [4.69, 9.17) is 0 Å². The molecule has 0 saturated heterocycles. The molecule has 1 heterocycles. The van der Waals surface area contributed by atoms with Crippen LogP contribution in [0.2, 0.25) is 0 Å². The van der Waals surface area contributed by atoms with Crippen molar-refractivity contribution in [3.63, 3.8) is 0 Å². The second-order valence-corrected chi connectivity index (χ2v) is 8.91. The van der Waals surface area contributed by atoms with Crippen molar-refractivity contribution < 1.29 is 4.79 Å². The van der Waals surface area contributed by atoms with Crippen molar-refractivity contribution in [3.8, 4) is 0 Å². The summed E-state index contributed by atoms with van der Waals surface area (Å²) in [6, 6.07) is 28.9. The Morgan fingerprint density at radius 1 is 0.769 bits per heavy atom. The van der Waals surface area contributed by atoms with Crippen LogP contribution in [0.15, 0.2) is 94.7 Å². The first-order chi connectivity index (χ1) is 12.7. The molecule has 0 radical (unpaired) electrons. The summed E-state index contributed by atoms with van der Waals surface area (Å²) in [5.41, 5.74) is 1.95. The number of benzene rings is 3.